The molecule has 19 heavy (non-hydrogen) atoms. The molecule has 0 amide bonds. The number of halogens is 1. The minimum absolute atomic E-state index is 0.352. The van der Waals surface area contributed by atoms with Crippen molar-refractivity contribution in [1.82, 2.24) is 5.32 Å². The fourth-order valence-corrected chi connectivity index (χ4v) is 2.10. The summed E-state index contributed by atoms with van der Waals surface area (Å²) in [7, 11) is 0. The Morgan fingerprint density at radius 3 is 2.47 bits per heavy atom. The second-order valence-corrected chi connectivity index (χ2v) is 4.84. The van der Waals surface area contributed by atoms with Crippen molar-refractivity contribution in [2.45, 2.75) is 19.9 Å². The molecule has 3 heteroatoms. The molecule has 0 heterocycles. The molecule has 0 aromatic heterocycles. The van der Waals surface area contributed by atoms with Gasteiger partial charge in [-0.05, 0) is 49.4 Å². The topological polar surface area (TPSA) is 21.3 Å². The van der Waals surface area contributed by atoms with E-state index in [1.165, 1.54) is 5.56 Å². The summed E-state index contributed by atoms with van der Waals surface area (Å²) in [6, 6.07) is 15.9. The zero-order valence-electron chi connectivity index (χ0n) is 11.2. The summed E-state index contributed by atoms with van der Waals surface area (Å²) in [6.07, 6.45) is 0. The smallest absolute Gasteiger partial charge is 0.128 e. The number of ether oxygens (including phenoxy) is 1. The van der Waals surface area contributed by atoms with Crippen LogP contribution >= 0.6 is 11.6 Å². The summed E-state index contributed by atoms with van der Waals surface area (Å²) in [5, 5.41) is 4.06. The van der Waals surface area contributed by atoms with Crippen LogP contribution in [-0.4, -0.2) is 6.54 Å². The summed E-state index contributed by atoms with van der Waals surface area (Å²) < 4.78 is 5.75. The van der Waals surface area contributed by atoms with Gasteiger partial charge in [-0.2, -0.15) is 0 Å². The Balaban J connectivity index is 2.06. The van der Waals surface area contributed by atoms with Crippen LogP contribution in [0.4, 0.5) is 0 Å². The number of hydrogen-bond donors (Lipinski definition) is 1. The predicted octanol–water partition coefficient (Wildman–Crippen LogP) is 4.80. The zero-order valence-corrected chi connectivity index (χ0v) is 11.9. The molecule has 1 N–H and O–H groups in total. The third-order valence-electron chi connectivity index (χ3n) is 2.92. The molecule has 100 valence electrons. The van der Waals surface area contributed by atoms with Gasteiger partial charge in [0.2, 0.25) is 0 Å². The predicted molar refractivity (Wildman–Crippen MR) is 80.1 cm³/mol. The highest BCUT2D eigenvalue weighted by atomic mass is 35.5. The van der Waals surface area contributed by atoms with Crippen LogP contribution in [0.2, 0.25) is 5.02 Å². The molecular weight excluding hydrogens is 258 g/mol. The average Bonchev–Trinajstić information content (AvgIpc) is 2.40. The maximum absolute atomic E-state index is 5.92. The molecule has 2 rings (SSSR count). The molecular formula is C16H18ClNO. The molecule has 2 aromatic carbocycles. The lowest BCUT2D eigenvalue weighted by atomic mass is 10.1. The first-order chi connectivity index (χ1) is 9.19. The van der Waals surface area contributed by atoms with Crippen LogP contribution in [0.15, 0.2) is 48.5 Å². The fourth-order valence-electron chi connectivity index (χ4n) is 1.92. The molecule has 2 nitrogen and oxygen atoms in total. The highest BCUT2D eigenvalue weighted by Crippen LogP contribution is 2.25. The summed E-state index contributed by atoms with van der Waals surface area (Å²) in [5.74, 6) is 1.56. The maximum atomic E-state index is 5.92. The van der Waals surface area contributed by atoms with Gasteiger partial charge >= 0.3 is 0 Å². The molecule has 0 saturated carbocycles. The minimum Gasteiger partial charge on any atom is -0.457 e. The molecule has 0 spiro atoms. The van der Waals surface area contributed by atoms with Crippen molar-refractivity contribution in [1.29, 1.82) is 0 Å². The number of rotatable bonds is 5. The van der Waals surface area contributed by atoms with Crippen molar-refractivity contribution >= 4 is 11.6 Å². The van der Waals surface area contributed by atoms with Gasteiger partial charge in [-0.25, -0.2) is 0 Å². The van der Waals surface area contributed by atoms with Gasteiger partial charge in [0.05, 0.1) is 0 Å². The van der Waals surface area contributed by atoms with Crippen LogP contribution in [0.3, 0.4) is 0 Å². The molecule has 0 fully saturated rings. The molecule has 0 bridgehead atoms. The van der Waals surface area contributed by atoms with Crippen LogP contribution < -0.4 is 10.1 Å². The lowest BCUT2D eigenvalue weighted by Gasteiger charge is -2.13. The van der Waals surface area contributed by atoms with Crippen LogP contribution in [0, 0.1) is 0 Å². The Hall–Kier alpha value is -1.51. The van der Waals surface area contributed by atoms with E-state index in [-0.39, 0.29) is 0 Å². The Labute approximate surface area is 119 Å². The maximum Gasteiger partial charge on any atom is 0.128 e. The van der Waals surface area contributed by atoms with Gasteiger partial charge in [0, 0.05) is 11.1 Å². The summed E-state index contributed by atoms with van der Waals surface area (Å²) in [6.45, 7) is 5.21. The Morgan fingerprint density at radius 1 is 1.11 bits per heavy atom. The summed E-state index contributed by atoms with van der Waals surface area (Å²) in [5.41, 5.74) is 1.25. The Morgan fingerprint density at radius 2 is 1.84 bits per heavy atom. The fraction of sp³-hybridized carbons (Fsp3) is 0.250. The molecule has 0 radical (unpaired) electrons. The first kappa shape index (κ1) is 13.9. The van der Waals surface area contributed by atoms with E-state index in [2.05, 4.69) is 31.3 Å². The first-order valence-corrected chi connectivity index (χ1v) is 6.83. The SMILES string of the molecule is CCNC(C)c1ccc(Oc2cccc(Cl)c2)cc1. The highest BCUT2D eigenvalue weighted by molar-refractivity contribution is 6.30. The number of nitrogens with one attached hydrogen (secondary N) is 1. The van der Waals surface area contributed by atoms with E-state index < -0.39 is 0 Å². The van der Waals surface area contributed by atoms with Crippen LogP contribution in [0.5, 0.6) is 11.5 Å². The lowest BCUT2D eigenvalue weighted by Crippen LogP contribution is -2.17. The van der Waals surface area contributed by atoms with Crippen molar-refractivity contribution in [3.05, 3.63) is 59.1 Å². The first-order valence-electron chi connectivity index (χ1n) is 6.46. The van der Waals surface area contributed by atoms with E-state index in [4.69, 9.17) is 16.3 Å². The van der Waals surface area contributed by atoms with Crippen LogP contribution in [0.1, 0.15) is 25.5 Å². The molecule has 0 aliphatic carbocycles. The second kappa shape index (κ2) is 6.60. The van der Waals surface area contributed by atoms with Gasteiger partial charge < -0.3 is 10.1 Å². The van der Waals surface area contributed by atoms with Crippen molar-refractivity contribution in [2.75, 3.05) is 6.54 Å². The average molecular weight is 276 g/mol. The van der Waals surface area contributed by atoms with Crippen molar-refractivity contribution in [2.24, 2.45) is 0 Å². The standard InChI is InChI=1S/C16H18ClNO/c1-3-18-12(2)13-7-9-15(10-8-13)19-16-6-4-5-14(17)11-16/h4-12,18H,3H2,1-2H3. The second-order valence-electron chi connectivity index (χ2n) is 4.41. The van der Waals surface area contributed by atoms with E-state index >= 15 is 0 Å². The van der Waals surface area contributed by atoms with Gasteiger partial charge in [0.1, 0.15) is 11.5 Å². The molecule has 0 aliphatic rings. The van der Waals surface area contributed by atoms with Gasteiger partial charge in [-0.15, -0.1) is 0 Å². The van der Waals surface area contributed by atoms with E-state index in [1.54, 1.807) is 6.07 Å². The molecule has 0 aliphatic heterocycles. The van der Waals surface area contributed by atoms with Crippen molar-refractivity contribution < 1.29 is 4.74 Å². The number of benzene rings is 2. The molecule has 2 aromatic rings. The van der Waals surface area contributed by atoms with Gasteiger partial charge in [-0.1, -0.05) is 36.7 Å². The Bertz CT molecular complexity index is 525. The third-order valence-corrected chi connectivity index (χ3v) is 3.16. The summed E-state index contributed by atoms with van der Waals surface area (Å²) >= 11 is 5.92. The molecule has 1 atom stereocenters. The van der Waals surface area contributed by atoms with Gasteiger partial charge in [0.15, 0.2) is 0 Å². The number of hydrogen-bond acceptors (Lipinski definition) is 2. The third kappa shape index (κ3) is 3.98. The van der Waals surface area contributed by atoms with Crippen molar-refractivity contribution in [3.8, 4) is 11.5 Å². The van der Waals surface area contributed by atoms with Crippen molar-refractivity contribution in [3.63, 3.8) is 0 Å². The minimum atomic E-state index is 0.352. The van der Waals surface area contributed by atoms with E-state index in [9.17, 15) is 0 Å². The van der Waals surface area contributed by atoms with E-state index in [0.29, 0.717) is 11.1 Å². The van der Waals surface area contributed by atoms with Crippen LogP contribution in [-0.2, 0) is 0 Å². The largest absolute Gasteiger partial charge is 0.457 e. The quantitative estimate of drug-likeness (QED) is 0.846. The molecule has 0 saturated heterocycles. The van der Waals surface area contributed by atoms with Crippen LogP contribution in [0.25, 0.3) is 0 Å². The zero-order chi connectivity index (χ0) is 13.7. The van der Waals surface area contributed by atoms with E-state index in [0.717, 1.165) is 18.0 Å². The summed E-state index contributed by atoms with van der Waals surface area (Å²) in [4.78, 5) is 0. The molecule has 1 unspecified atom stereocenters. The normalized spacial score (nSPS) is 12.2. The lowest BCUT2D eigenvalue weighted by molar-refractivity contribution is 0.482. The monoisotopic (exact) mass is 275 g/mol. The van der Waals surface area contributed by atoms with E-state index in [1.807, 2.05) is 30.3 Å². The van der Waals surface area contributed by atoms with Gasteiger partial charge in [-0.3, -0.25) is 0 Å². The van der Waals surface area contributed by atoms with Gasteiger partial charge in [0.25, 0.3) is 0 Å². The Kier molecular flexibility index (Phi) is 4.83. The highest BCUT2D eigenvalue weighted by Gasteiger charge is 2.04.